The minimum absolute atomic E-state index is 0.186. The molecule has 7 nitrogen and oxygen atoms in total. The van der Waals surface area contributed by atoms with Crippen LogP contribution in [0.4, 0.5) is 11.4 Å². The first-order valence-electron chi connectivity index (χ1n) is 8.03. The van der Waals surface area contributed by atoms with E-state index in [1.54, 1.807) is 36.4 Å². The number of fused-ring (bicyclic) bond motifs is 1. The lowest BCUT2D eigenvalue weighted by atomic mass is 10.1. The maximum absolute atomic E-state index is 12.3. The molecule has 0 bridgehead atoms. The van der Waals surface area contributed by atoms with E-state index in [9.17, 15) is 14.4 Å². The summed E-state index contributed by atoms with van der Waals surface area (Å²) >= 11 is 0. The molecular formula is C19H18N2O5. The molecule has 0 saturated carbocycles. The zero-order chi connectivity index (χ0) is 18.7. The Bertz CT molecular complexity index is 878. The van der Waals surface area contributed by atoms with E-state index in [2.05, 4.69) is 10.6 Å². The number of aryl methyl sites for hydroxylation is 1. The van der Waals surface area contributed by atoms with Crippen LogP contribution in [-0.2, 0) is 14.3 Å². The molecule has 0 unspecified atom stereocenters. The first-order chi connectivity index (χ1) is 12.5. The molecule has 0 aromatic heterocycles. The van der Waals surface area contributed by atoms with Crippen molar-refractivity contribution in [3.05, 3.63) is 53.6 Å². The number of para-hydroxylation sites is 1. The van der Waals surface area contributed by atoms with E-state index in [4.69, 9.17) is 9.47 Å². The highest BCUT2D eigenvalue weighted by Crippen LogP contribution is 2.31. The summed E-state index contributed by atoms with van der Waals surface area (Å²) in [7, 11) is 1.26. The Hall–Kier alpha value is -3.35. The number of methoxy groups -OCH3 is 1. The summed E-state index contributed by atoms with van der Waals surface area (Å²) < 4.78 is 10.3. The second-order valence-electron chi connectivity index (χ2n) is 5.88. The van der Waals surface area contributed by atoms with E-state index >= 15 is 0 Å². The van der Waals surface area contributed by atoms with Gasteiger partial charge in [-0.2, -0.15) is 0 Å². The van der Waals surface area contributed by atoms with Crippen molar-refractivity contribution in [1.29, 1.82) is 0 Å². The Kier molecular flexibility index (Phi) is 4.88. The molecule has 0 spiro atoms. The Morgan fingerprint density at radius 1 is 1.23 bits per heavy atom. The SMILES string of the molecule is COC(=O)c1ccccc1NC(=O)C[C@H]1Oc2ccc(C)cc2NC1=O. The molecule has 2 amide bonds. The largest absolute Gasteiger partial charge is 0.478 e. The lowest BCUT2D eigenvalue weighted by Gasteiger charge is -2.25. The van der Waals surface area contributed by atoms with Gasteiger partial charge in [-0.05, 0) is 36.8 Å². The van der Waals surface area contributed by atoms with E-state index in [-0.39, 0.29) is 17.9 Å². The molecule has 1 aliphatic heterocycles. The maximum atomic E-state index is 12.3. The zero-order valence-electron chi connectivity index (χ0n) is 14.4. The predicted octanol–water partition coefficient (Wildman–Crippen LogP) is 2.51. The highest BCUT2D eigenvalue weighted by molar-refractivity contribution is 6.04. The molecule has 26 heavy (non-hydrogen) atoms. The van der Waals surface area contributed by atoms with Crippen LogP contribution in [0.2, 0.25) is 0 Å². The Morgan fingerprint density at radius 2 is 2.00 bits per heavy atom. The number of ether oxygens (including phenoxy) is 2. The van der Waals surface area contributed by atoms with Gasteiger partial charge >= 0.3 is 5.97 Å². The topological polar surface area (TPSA) is 93.7 Å². The summed E-state index contributed by atoms with van der Waals surface area (Å²) in [6, 6.07) is 11.9. The lowest BCUT2D eigenvalue weighted by Crippen LogP contribution is -2.39. The summed E-state index contributed by atoms with van der Waals surface area (Å²) in [6.45, 7) is 1.91. The molecule has 0 saturated heterocycles. The van der Waals surface area contributed by atoms with Crippen molar-refractivity contribution in [2.24, 2.45) is 0 Å². The minimum Gasteiger partial charge on any atom is -0.478 e. The number of nitrogens with one attached hydrogen (secondary N) is 2. The quantitative estimate of drug-likeness (QED) is 0.823. The molecule has 2 N–H and O–H groups in total. The van der Waals surface area contributed by atoms with Crippen molar-refractivity contribution in [2.45, 2.75) is 19.4 Å². The average Bonchev–Trinajstić information content (AvgIpc) is 2.62. The Morgan fingerprint density at radius 3 is 2.77 bits per heavy atom. The Labute approximate surface area is 150 Å². The minimum atomic E-state index is -0.949. The third-order valence-electron chi connectivity index (χ3n) is 3.93. The van der Waals surface area contributed by atoms with Crippen LogP contribution in [0.5, 0.6) is 5.75 Å². The van der Waals surface area contributed by atoms with Gasteiger partial charge in [-0.3, -0.25) is 9.59 Å². The number of esters is 1. The zero-order valence-corrected chi connectivity index (χ0v) is 14.4. The van der Waals surface area contributed by atoms with E-state index in [1.165, 1.54) is 7.11 Å². The molecular weight excluding hydrogens is 336 g/mol. The predicted molar refractivity (Wildman–Crippen MR) is 95.3 cm³/mol. The molecule has 1 atom stereocenters. The molecule has 7 heteroatoms. The maximum Gasteiger partial charge on any atom is 0.339 e. The van der Waals surface area contributed by atoms with Crippen LogP contribution in [0.15, 0.2) is 42.5 Å². The number of carbonyl (C=O) groups excluding carboxylic acids is 3. The van der Waals surface area contributed by atoms with Gasteiger partial charge in [0.25, 0.3) is 5.91 Å². The summed E-state index contributed by atoms with van der Waals surface area (Å²) in [5.74, 6) is -0.878. The molecule has 134 valence electrons. The van der Waals surface area contributed by atoms with Crippen molar-refractivity contribution < 1.29 is 23.9 Å². The monoisotopic (exact) mass is 354 g/mol. The summed E-state index contributed by atoms with van der Waals surface area (Å²) in [4.78, 5) is 36.3. The van der Waals surface area contributed by atoms with Gasteiger partial charge in [0.2, 0.25) is 5.91 Å². The van der Waals surface area contributed by atoms with Crippen LogP contribution in [0.3, 0.4) is 0 Å². The van der Waals surface area contributed by atoms with Gasteiger partial charge < -0.3 is 20.1 Å². The van der Waals surface area contributed by atoms with Crippen LogP contribution in [0.1, 0.15) is 22.3 Å². The number of anilines is 2. The molecule has 1 heterocycles. The van der Waals surface area contributed by atoms with Crippen molar-refractivity contribution in [1.82, 2.24) is 0 Å². The molecule has 2 aromatic rings. The Balaban J connectivity index is 1.70. The lowest BCUT2D eigenvalue weighted by molar-refractivity contribution is -0.128. The van der Waals surface area contributed by atoms with E-state index in [0.717, 1.165) is 5.56 Å². The van der Waals surface area contributed by atoms with Crippen LogP contribution in [-0.4, -0.2) is 31.0 Å². The van der Waals surface area contributed by atoms with E-state index < -0.39 is 18.0 Å². The average molecular weight is 354 g/mol. The number of rotatable bonds is 4. The van der Waals surface area contributed by atoms with E-state index in [0.29, 0.717) is 17.1 Å². The molecule has 0 aliphatic carbocycles. The van der Waals surface area contributed by atoms with Crippen molar-refractivity contribution >= 4 is 29.2 Å². The molecule has 0 fully saturated rings. The standard InChI is InChI=1S/C19H18N2O5/c1-11-7-8-15-14(9-11)21-18(23)16(26-15)10-17(22)20-13-6-4-3-5-12(13)19(24)25-2/h3-9,16H,10H2,1-2H3,(H,20,22)(H,21,23)/t16-/m1/s1. The molecule has 2 aromatic carbocycles. The van der Waals surface area contributed by atoms with Gasteiger partial charge in [-0.25, -0.2) is 4.79 Å². The fourth-order valence-electron chi connectivity index (χ4n) is 2.65. The summed E-state index contributed by atoms with van der Waals surface area (Å²) in [6.07, 6.45) is -1.13. The van der Waals surface area contributed by atoms with E-state index in [1.807, 2.05) is 13.0 Å². The highest BCUT2D eigenvalue weighted by atomic mass is 16.5. The van der Waals surface area contributed by atoms with Crippen LogP contribution in [0, 0.1) is 6.92 Å². The second-order valence-corrected chi connectivity index (χ2v) is 5.88. The van der Waals surface area contributed by atoms with Crippen LogP contribution in [0.25, 0.3) is 0 Å². The fourth-order valence-corrected chi connectivity index (χ4v) is 2.65. The third-order valence-corrected chi connectivity index (χ3v) is 3.93. The smallest absolute Gasteiger partial charge is 0.339 e. The normalized spacial score (nSPS) is 15.3. The molecule has 1 aliphatic rings. The second kappa shape index (κ2) is 7.26. The van der Waals surface area contributed by atoms with Gasteiger partial charge in [0.15, 0.2) is 6.10 Å². The van der Waals surface area contributed by atoms with Gasteiger partial charge in [0.1, 0.15) is 5.75 Å². The summed E-state index contributed by atoms with van der Waals surface area (Å²) in [5.41, 5.74) is 2.13. The van der Waals surface area contributed by atoms with Crippen LogP contribution >= 0.6 is 0 Å². The number of hydrogen-bond acceptors (Lipinski definition) is 5. The first-order valence-corrected chi connectivity index (χ1v) is 8.03. The van der Waals surface area contributed by atoms with Gasteiger partial charge in [0, 0.05) is 0 Å². The van der Waals surface area contributed by atoms with Crippen molar-refractivity contribution in [2.75, 3.05) is 17.7 Å². The fraction of sp³-hybridized carbons (Fsp3) is 0.211. The number of carbonyl (C=O) groups is 3. The molecule has 3 rings (SSSR count). The number of benzene rings is 2. The van der Waals surface area contributed by atoms with Gasteiger partial charge in [-0.15, -0.1) is 0 Å². The highest BCUT2D eigenvalue weighted by Gasteiger charge is 2.30. The summed E-state index contributed by atoms with van der Waals surface area (Å²) in [5, 5.41) is 5.37. The number of hydrogen-bond donors (Lipinski definition) is 2. The van der Waals surface area contributed by atoms with Crippen molar-refractivity contribution in [3.63, 3.8) is 0 Å². The van der Waals surface area contributed by atoms with Gasteiger partial charge in [-0.1, -0.05) is 18.2 Å². The molecule has 0 radical (unpaired) electrons. The third kappa shape index (κ3) is 3.66. The van der Waals surface area contributed by atoms with Crippen LogP contribution < -0.4 is 15.4 Å². The first kappa shape index (κ1) is 17.5. The number of amides is 2. The van der Waals surface area contributed by atoms with Gasteiger partial charge in [0.05, 0.1) is 30.5 Å². The van der Waals surface area contributed by atoms with Crippen molar-refractivity contribution in [3.8, 4) is 5.75 Å².